The summed E-state index contributed by atoms with van der Waals surface area (Å²) >= 11 is 4.41. The number of hydrogen-bond donors (Lipinski definition) is 1. The van der Waals surface area contributed by atoms with Gasteiger partial charge in [-0.1, -0.05) is 34.9 Å². The molecule has 21 heavy (non-hydrogen) atoms. The molecule has 1 aromatic heterocycles. The molecule has 110 valence electrons. The Balaban J connectivity index is 1.92. The van der Waals surface area contributed by atoms with Crippen molar-refractivity contribution >= 4 is 52.2 Å². The summed E-state index contributed by atoms with van der Waals surface area (Å²) in [5, 5.41) is 10.7. The summed E-state index contributed by atoms with van der Waals surface area (Å²) in [5.41, 5.74) is 1.30. The van der Waals surface area contributed by atoms with Gasteiger partial charge >= 0.3 is 0 Å². The Morgan fingerprint density at radius 2 is 1.86 bits per heavy atom. The molecule has 0 spiro atoms. The van der Waals surface area contributed by atoms with Crippen LogP contribution in [0.1, 0.15) is 17.3 Å². The van der Waals surface area contributed by atoms with E-state index < -0.39 is 0 Å². The van der Waals surface area contributed by atoms with Gasteiger partial charge in [0.25, 0.3) is 0 Å². The summed E-state index contributed by atoms with van der Waals surface area (Å²) in [6, 6.07) is 6.86. The molecule has 0 fully saturated rings. The number of nitrogens with one attached hydrogen (secondary N) is 1. The summed E-state index contributed by atoms with van der Waals surface area (Å²) in [6.45, 7) is 1.45. The average Bonchev–Trinajstić information content (AvgIpc) is 2.93. The van der Waals surface area contributed by atoms with E-state index in [9.17, 15) is 9.59 Å². The molecule has 2 aromatic rings. The lowest BCUT2D eigenvalue weighted by molar-refractivity contribution is -0.114. The topological polar surface area (TPSA) is 72.0 Å². The van der Waals surface area contributed by atoms with Crippen LogP contribution < -0.4 is 5.32 Å². The summed E-state index contributed by atoms with van der Waals surface area (Å²) in [4.78, 5) is 23.0. The van der Waals surface area contributed by atoms with Crippen molar-refractivity contribution in [2.75, 3.05) is 17.3 Å². The second-order valence-corrected chi connectivity index (χ2v) is 7.26. The number of Topliss-reactive ketones (excluding diaryl/α,β-unsaturated/α-hetero) is 1. The fourth-order valence-electron chi connectivity index (χ4n) is 1.49. The number of hydrogen-bond acceptors (Lipinski definition) is 7. The Labute approximate surface area is 134 Å². The van der Waals surface area contributed by atoms with Gasteiger partial charge in [-0.05, 0) is 30.5 Å². The van der Waals surface area contributed by atoms with Crippen LogP contribution in [-0.4, -0.2) is 33.9 Å². The van der Waals surface area contributed by atoms with Gasteiger partial charge in [-0.15, -0.1) is 10.2 Å². The van der Waals surface area contributed by atoms with E-state index >= 15 is 0 Å². The van der Waals surface area contributed by atoms with Crippen molar-refractivity contribution in [2.45, 2.75) is 15.6 Å². The number of anilines is 1. The van der Waals surface area contributed by atoms with Crippen LogP contribution >= 0.6 is 34.9 Å². The first-order chi connectivity index (χ1) is 10.1. The summed E-state index contributed by atoms with van der Waals surface area (Å²) in [6.07, 6.45) is 1.94. The minimum atomic E-state index is -0.134. The van der Waals surface area contributed by atoms with Gasteiger partial charge in [0.1, 0.15) is 0 Å². The molecule has 0 saturated heterocycles. The molecule has 0 aliphatic carbocycles. The molecular weight excluding hydrogens is 326 g/mol. The molecule has 0 bridgehead atoms. The highest BCUT2D eigenvalue weighted by atomic mass is 32.2. The van der Waals surface area contributed by atoms with Gasteiger partial charge in [-0.3, -0.25) is 9.59 Å². The molecule has 2 rings (SSSR count). The van der Waals surface area contributed by atoms with Crippen molar-refractivity contribution in [1.29, 1.82) is 0 Å². The van der Waals surface area contributed by atoms with Crippen LogP contribution in [0, 0.1) is 0 Å². The highest BCUT2D eigenvalue weighted by Gasteiger charge is 2.10. The van der Waals surface area contributed by atoms with Crippen LogP contribution in [-0.2, 0) is 4.79 Å². The van der Waals surface area contributed by atoms with Gasteiger partial charge in [-0.25, -0.2) is 0 Å². The van der Waals surface area contributed by atoms with Crippen molar-refractivity contribution < 1.29 is 9.59 Å². The van der Waals surface area contributed by atoms with Crippen molar-refractivity contribution in [3.63, 3.8) is 0 Å². The first-order valence-electron chi connectivity index (χ1n) is 5.99. The summed E-state index contributed by atoms with van der Waals surface area (Å²) in [7, 11) is 0. The summed E-state index contributed by atoms with van der Waals surface area (Å²) < 4.78 is 1.69. The van der Waals surface area contributed by atoms with Crippen molar-refractivity contribution in [3.8, 4) is 0 Å². The van der Waals surface area contributed by atoms with E-state index in [1.165, 1.54) is 41.8 Å². The molecule has 0 radical (unpaired) electrons. The maximum Gasteiger partial charge on any atom is 0.221 e. The highest BCUT2D eigenvalue weighted by molar-refractivity contribution is 8.03. The van der Waals surface area contributed by atoms with E-state index in [4.69, 9.17) is 0 Å². The van der Waals surface area contributed by atoms with E-state index in [0.29, 0.717) is 17.0 Å². The van der Waals surface area contributed by atoms with E-state index in [1.54, 1.807) is 24.3 Å². The number of amides is 1. The van der Waals surface area contributed by atoms with Crippen molar-refractivity contribution in [3.05, 3.63) is 29.8 Å². The minimum absolute atomic E-state index is 0.0234. The quantitative estimate of drug-likeness (QED) is 0.644. The molecule has 0 aliphatic heterocycles. The molecule has 0 aliphatic rings. The number of nitrogens with zero attached hydrogens (tertiary/aromatic N) is 2. The molecular formula is C13H13N3O2S3. The number of benzene rings is 1. The third-order valence-corrected chi connectivity index (χ3v) is 5.45. The largest absolute Gasteiger partial charge is 0.326 e. The Kier molecular flexibility index (Phi) is 5.77. The molecule has 1 N–H and O–H groups in total. The zero-order valence-electron chi connectivity index (χ0n) is 11.5. The van der Waals surface area contributed by atoms with Crippen molar-refractivity contribution in [1.82, 2.24) is 10.2 Å². The number of carbonyl (C=O) groups is 2. The van der Waals surface area contributed by atoms with E-state index in [2.05, 4.69) is 15.5 Å². The Bertz CT molecular complexity index is 640. The van der Waals surface area contributed by atoms with Gasteiger partial charge < -0.3 is 5.32 Å². The maximum absolute atomic E-state index is 12.1. The number of ketones is 1. The lowest BCUT2D eigenvalue weighted by Crippen LogP contribution is -2.06. The van der Waals surface area contributed by atoms with Gasteiger partial charge in [0.15, 0.2) is 14.5 Å². The first-order valence-corrected chi connectivity index (χ1v) is 9.02. The second kappa shape index (κ2) is 7.58. The predicted octanol–water partition coefficient (Wildman–Crippen LogP) is 3.19. The van der Waals surface area contributed by atoms with Crippen LogP contribution in [0.5, 0.6) is 0 Å². The van der Waals surface area contributed by atoms with Gasteiger partial charge in [0.2, 0.25) is 5.91 Å². The molecule has 1 aromatic carbocycles. The zero-order chi connectivity index (χ0) is 15.2. The third kappa shape index (κ3) is 4.83. The molecule has 5 nitrogen and oxygen atoms in total. The standard InChI is InChI=1S/C13H13N3O2S3/c1-8(17)14-10-5-3-9(4-6-10)11(18)7-20-13-16-15-12(19-2)21-13/h3-6H,7H2,1-2H3,(H,14,17). The smallest absolute Gasteiger partial charge is 0.221 e. The maximum atomic E-state index is 12.1. The highest BCUT2D eigenvalue weighted by Crippen LogP contribution is 2.27. The molecule has 0 atom stereocenters. The third-order valence-electron chi connectivity index (χ3n) is 2.42. The van der Waals surface area contributed by atoms with Gasteiger partial charge in [0.05, 0.1) is 5.75 Å². The Morgan fingerprint density at radius 3 is 2.43 bits per heavy atom. The predicted molar refractivity (Wildman–Crippen MR) is 87.5 cm³/mol. The lowest BCUT2D eigenvalue weighted by atomic mass is 10.1. The zero-order valence-corrected chi connectivity index (χ0v) is 13.9. The second-order valence-electron chi connectivity index (χ2n) is 4.01. The SMILES string of the molecule is CSc1nnc(SCC(=O)c2ccc(NC(C)=O)cc2)s1. The molecule has 8 heteroatoms. The minimum Gasteiger partial charge on any atom is -0.326 e. The van der Waals surface area contributed by atoms with Crippen LogP contribution in [0.3, 0.4) is 0 Å². The number of rotatable bonds is 6. The van der Waals surface area contributed by atoms with E-state index in [-0.39, 0.29) is 11.7 Å². The lowest BCUT2D eigenvalue weighted by Gasteiger charge is -2.03. The summed E-state index contributed by atoms with van der Waals surface area (Å²) in [5.74, 6) is 0.212. The Hall–Kier alpha value is -1.38. The normalized spacial score (nSPS) is 10.4. The fourth-order valence-corrected chi connectivity index (χ4v) is 3.82. The number of aromatic nitrogens is 2. The van der Waals surface area contributed by atoms with Crippen LogP contribution in [0.15, 0.2) is 32.9 Å². The van der Waals surface area contributed by atoms with Gasteiger partial charge in [-0.2, -0.15) is 0 Å². The number of carbonyl (C=O) groups excluding carboxylic acids is 2. The van der Waals surface area contributed by atoms with Gasteiger partial charge in [0, 0.05) is 18.2 Å². The van der Waals surface area contributed by atoms with Crippen LogP contribution in [0.4, 0.5) is 5.69 Å². The van der Waals surface area contributed by atoms with Crippen LogP contribution in [0.2, 0.25) is 0 Å². The Morgan fingerprint density at radius 1 is 1.19 bits per heavy atom. The first kappa shape index (κ1) is 16.0. The fraction of sp³-hybridized carbons (Fsp3) is 0.231. The molecule has 1 amide bonds. The molecule has 0 saturated carbocycles. The van der Waals surface area contributed by atoms with E-state index in [0.717, 1.165) is 8.68 Å². The number of thioether (sulfide) groups is 2. The average molecular weight is 339 g/mol. The van der Waals surface area contributed by atoms with E-state index in [1.807, 2.05) is 6.26 Å². The van der Waals surface area contributed by atoms with Crippen LogP contribution in [0.25, 0.3) is 0 Å². The van der Waals surface area contributed by atoms with Crippen molar-refractivity contribution in [2.24, 2.45) is 0 Å². The molecule has 0 unspecified atom stereocenters. The molecule has 1 heterocycles. The monoisotopic (exact) mass is 339 g/mol.